The first-order valence-electron chi connectivity index (χ1n) is 27.2. The molecule has 0 fully saturated rings. The van der Waals surface area contributed by atoms with Crippen LogP contribution in [0.2, 0.25) is 0 Å². The van der Waals surface area contributed by atoms with Crippen molar-refractivity contribution in [3.63, 3.8) is 0 Å². The molecule has 0 aliphatic rings. The fraction of sp³-hybridized carbons (Fsp3) is 0.212. The third-order valence-electron chi connectivity index (χ3n) is 13.1. The number of aliphatic hydroxyl groups is 1. The molecule has 0 aliphatic carbocycles. The van der Waals surface area contributed by atoms with Crippen LogP contribution in [0, 0.1) is 0 Å². The minimum absolute atomic E-state index is 0.00795. The van der Waals surface area contributed by atoms with Crippen molar-refractivity contribution in [3.8, 4) is 11.5 Å². The van der Waals surface area contributed by atoms with Crippen LogP contribution < -0.4 is 20.0 Å². The Morgan fingerprint density at radius 2 is 0.917 bits per heavy atom. The van der Waals surface area contributed by atoms with Gasteiger partial charge in [-0.1, -0.05) is 218 Å². The number of hydrogen-bond acceptors (Lipinski definition) is 15. The number of phosphoric acid groups is 1. The molecule has 8 rings (SSSR count). The van der Waals surface area contributed by atoms with Crippen molar-refractivity contribution < 1.29 is 66.1 Å². The highest BCUT2D eigenvalue weighted by Crippen LogP contribution is 2.53. The Kier molecular flexibility index (Phi) is 22.9. The van der Waals surface area contributed by atoms with E-state index in [4.69, 9.17) is 37.3 Å². The van der Waals surface area contributed by atoms with Crippen LogP contribution in [-0.2, 0) is 99.6 Å². The molecule has 8 aromatic carbocycles. The maximum absolute atomic E-state index is 15.7. The average molecular weight is 1160 g/mol. The van der Waals surface area contributed by atoms with Crippen LogP contribution in [0.15, 0.2) is 231 Å². The lowest BCUT2D eigenvalue weighted by atomic mass is 9.90. The zero-order valence-corrected chi connectivity index (χ0v) is 47.2. The minimum atomic E-state index is -4.50. The zero-order valence-electron chi connectivity index (χ0n) is 46.3. The number of carbonyl (C=O) groups excluding carboxylic acids is 4. The molecule has 3 atom stereocenters. The van der Waals surface area contributed by atoms with Crippen LogP contribution in [0.4, 0.5) is 4.79 Å². The number of esters is 2. The van der Waals surface area contributed by atoms with Crippen LogP contribution >= 0.6 is 7.82 Å². The van der Waals surface area contributed by atoms with Gasteiger partial charge in [-0.15, -0.1) is 0 Å². The van der Waals surface area contributed by atoms with Crippen LogP contribution in [0.5, 0.6) is 11.5 Å². The van der Waals surface area contributed by atoms with Gasteiger partial charge in [-0.3, -0.25) is 18.6 Å². The molecule has 0 heterocycles. The third kappa shape index (κ3) is 19.3. The number of amides is 2. The van der Waals surface area contributed by atoms with Crippen LogP contribution in [0.25, 0.3) is 0 Å². The van der Waals surface area contributed by atoms with Gasteiger partial charge in [0.2, 0.25) is 12.3 Å². The Morgan fingerprint density at radius 1 is 0.500 bits per heavy atom. The second-order valence-corrected chi connectivity index (χ2v) is 21.1. The zero-order chi connectivity index (χ0) is 58.8. The van der Waals surface area contributed by atoms with Gasteiger partial charge in [0, 0.05) is 12.8 Å². The van der Waals surface area contributed by atoms with Gasteiger partial charge >= 0.3 is 25.9 Å². The summed E-state index contributed by atoms with van der Waals surface area (Å²) >= 11 is 0. The van der Waals surface area contributed by atoms with Gasteiger partial charge in [0.1, 0.15) is 38.0 Å². The number of aliphatic hydroxyl groups excluding tert-OH is 1. The quantitative estimate of drug-likeness (QED) is 0.0121. The Bertz CT molecular complexity index is 3310. The van der Waals surface area contributed by atoms with Crippen molar-refractivity contribution in [1.82, 2.24) is 15.8 Å². The van der Waals surface area contributed by atoms with Crippen molar-refractivity contribution in [2.24, 2.45) is 0 Å². The molecule has 0 radical (unpaired) electrons. The van der Waals surface area contributed by atoms with Gasteiger partial charge in [-0.05, 0) is 70.0 Å². The summed E-state index contributed by atoms with van der Waals surface area (Å²) in [6, 6.07) is 66.2. The van der Waals surface area contributed by atoms with Gasteiger partial charge in [0.25, 0.3) is 0 Å². The molecule has 84 heavy (non-hydrogen) atoms. The first kappa shape index (κ1) is 61.1. The van der Waals surface area contributed by atoms with E-state index in [0.29, 0.717) is 33.4 Å². The molecule has 1 unspecified atom stereocenters. The lowest BCUT2D eigenvalue weighted by Gasteiger charge is -2.42. The molecule has 434 valence electrons. The second kappa shape index (κ2) is 31.5. The molecule has 0 aromatic heterocycles. The highest BCUT2D eigenvalue weighted by atomic mass is 31.2. The van der Waals surface area contributed by atoms with E-state index in [1.165, 1.54) is 13.0 Å². The Labute approximate surface area is 488 Å². The fourth-order valence-electron chi connectivity index (χ4n) is 8.48. The number of rotatable bonds is 31. The molecule has 0 aliphatic heterocycles. The van der Waals surface area contributed by atoms with E-state index in [2.05, 4.69) is 10.7 Å². The summed E-state index contributed by atoms with van der Waals surface area (Å²) in [5, 5.41) is 15.9. The summed E-state index contributed by atoms with van der Waals surface area (Å²) in [7, 11) is -4.50. The molecule has 17 nitrogen and oxygen atoms in total. The van der Waals surface area contributed by atoms with Crippen LogP contribution in [0.1, 0.15) is 64.3 Å². The number of nitrogens with zero attached hydrogens (tertiary/aromatic N) is 1. The highest BCUT2D eigenvalue weighted by molar-refractivity contribution is 7.48. The Balaban J connectivity index is 1.17. The number of nitrogens with one attached hydrogen (secondary N) is 2. The summed E-state index contributed by atoms with van der Waals surface area (Å²) in [6.45, 7) is 0.528. The minimum Gasteiger partial charge on any atom is -0.485 e. The number of hydrogen-bond donors (Lipinski definition) is 3. The number of benzene rings is 8. The molecule has 0 bridgehead atoms. The van der Waals surface area contributed by atoms with E-state index in [-0.39, 0.29) is 70.6 Å². The fourth-order valence-corrected chi connectivity index (χ4v) is 9.67. The van der Waals surface area contributed by atoms with Gasteiger partial charge < -0.3 is 38.6 Å². The summed E-state index contributed by atoms with van der Waals surface area (Å²) in [6.07, 6.45) is -4.19. The van der Waals surface area contributed by atoms with E-state index in [1.54, 1.807) is 121 Å². The molecule has 0 spiro atoms. The number of ether oxygens (including phenoxy) is 5. The standard InChI is InChI=1S/C66H66N3O14P/c1-66(69(65(74)80-47-54-31-17-6-18-32-54)68-64(73)79-46-53-29-15-5-16-30-53,63(72)67-58(62(71)78-45-52-27-13-4-14-28-52)38-40-61(70)77-44-51-25-11-3-12-26-51)42-57-37-39-59(60(41-57)76-43-50-23-9-2-10-24-50)83-84(75,81-48-55-33-19-7-20-34-55)82-49-56-35-21-8-22-36-56/h2-37,39,41,58,65,74H,38,40,42-49H2,1H3,(H,67,72)(H,68,73)/t58-,65?,66-/m0/s1. The summed E-state index contributed by atoms with van der Waals surface area (Å²) in [5.41, 5.74) is 5.58. The predicted octanol–water partition coefficient (Wildman–Crippen LogP) is 11.9. The monoisotopic (exact) mass is 1160 g/mol. The van der Waals surface area contributed by atoms with Gasteiger partial charge in [-0.2, -0.15) is 5.01 Å². The molecule has 2 amide bonds. The summed E-state index contributed by atoms with van der Waals surface area (Å²) in [4.78, 5) is 57.4. The molecular formula is C66H66N3O14P. The van der Waals surface area contributed by atoms with E-state index in [1.807, 2.05) is 103 Å². The molecule has 3 N–H and O–H groups in total. The SMILES string of the molecule is C[C@](Cc1ccc(OP(=O)(OCc2ccccc2)OCc2ccccc2)c(OCc2ccccc2)c1)(C(=O)N[C@@H](CCC(=O)OCc1ccccc1)C(=O)OCc1ccccc1)N(NC(=O)OCc1ccccc1)C(O)OCc1ccccc1. The Hall–Kier alpha value is -8.93. The molecular weight excluding hydrogens is 1090 g/mol. The maximum atomic E-state index is 15.7. The Morgan fingerprint density at radius 3 is 1.39 bits per heavy atom. The molecule has 8 aromatic rings. The topological polar surface area (TPSA) is 207 Å². The molecule has 0 saturated carbocycles. The highest BCUT2D eigenvalue weighted by Gasteiger charge is 2.47. The van der Waals surface area contributed by atoms with Gasteiger partial charge in [-0.25, -0.2) is 19.6 Å². The summed E-state index contributed by atoms with van der Waals surface area (Å²) < 4.78 is 62.6. The van der Waals surface area contributed by atoms with Crippen molar-refractivity contribution in [2.45, 2.75) is 90.4 Å². The molecule has 18 heteroatoms. The number of hydrazine groups is 1. The van der Waals surface area contributed by atoms with Crippen molar-refractivity contribution >= 4 is 31.8 Å². The van der Waals surface area contributed by atoms with E-state index >= 15 is 4.79 Å². The average Bonchev–Trinajstić information content (AvgIpc) is 3.15. The van der Waals surface area contributed by atoms with E-state index in [9.17, 15) is 24.1 Å². The summed E-state index contributed by atoms with van der Waals surface area (Å²) in [5.74, 6) is -2.52. The largest absolute Gasteiger partial charge is 0.530 e. The maximum Gasteiger partial charge on any atom is 0.530 e. The predicted molar refractivity (Wildman–Crippen MR) is 313 cm³/mol. The van der Waals surface area contributed by atoms with E-state index < -0.39 is 56.2 Å². The van der Waals surface area contributed by atoms with Crippen LogP contribution in [-0.4, -0.2) is 52.0 Å². The van der Waals surface area contributed by atoms with Gasteiger partial charge in [0.15, 0.2) is 11.5 Å². The van der Waals surface area contributed by atoms with Crippen molar-refractivity contribution in [2.75, 3.05) is 0 Å². The van der Waals surface area contributed by atoms with Crippen molar-refractivity contribution in [1.29, 1.82) is 0 Å². The lowest BCUT2D eigenvalue weighted by molar-refractivity contribution is -0.241. The van der Waals surface area contributed by atoms with Gasteiger partial charge in [0.05, 0.1) is 19.8 Å². The first-order chi connectivity index (χ1) is 40.9. The van der Waals surface area contributed by atoms with E-state index in [0.717, 1.165) is 16.1 Å². The number of phosphoric ester groups is 1. The lowest BCUT2D eigenvalue weighted by Crippen LogP contribution is -2.68. The normalized spacial score (nSPS) is 12.7. The van der Waals surface area contributed by atoms with Crippen molar-refractivity contribution in [3.05, 3.63) is 275 Å². The smallest absolute Gasteiger partial charge is 0.485 e. The first-order valence-corrected chi connectivity index (χ1v) is 28.6. The second-order valence-electron chi connectivity index (χ2n) is 19.5. The molecule has 0 saturated heterocycles. The van der Waals surface area contributed by atoms with Crippen LogP contribution in [0.3, 0.4) is 0 Å². The third-order valence-corrected chi connectivity index (χ3v) is 14.4. The number of carbonyl (C=O) groups is 4.